The molecule has 0 saturated heterocycles. The van der Waals surface area contributed by atoms with Crippen molar-refractivity contribution in [1.82, 2.24) is 0 Å². The first-order chi connectivity index (χ1) is 4.81. The fourth-order valence-electron chi connectivity index (χ4n) is 0.854. The van der Waals surface area contributed by atoms with Gasteiger partial charge in [-0.25, -0.2) is 0 Å². The fraction of sp³-hybridized carbons (Fsp3) is 1.00. The summed E-state index contributed by atoms with van der Waals surface area (Å²) in [5.41, 5.74) is 0. The largest absolute Gasteiger partial charge is 0.122 e. The van der Waals surface area contributed by atoms with E-state index in [0.717, 1.165) is 5.92 Å². The van der Waals surface area contributed by atoms with Crippen molar-refractivity contribution >= 4 is 8.58 Å². The van der Waals surface area contributed by atoms with Gasteiger partial charge in [-0.2, -0.15) is 0 Å². The summed E-state index contributed by atoms with van der Waals surface area (Å²) in [6, 6.07) is 0. The highest BCUT2D eigenvalue weighted by molar-refractivity contribution is 7.37. The van der Waals surface area contributed by atoms with E-state index in [0.29, 0.717) is 0 Å². The van der Waals surface area contributed by atoms with E-state index < -0.39 is 0 Å². The molecule has 0 aromatic carbocycles. The summed E-state index contributed by atoms with van der Waals surface area (Å²) in [5, 5.41) is 0. The molecule has 0 aliphatic rings. The van der Waals surface area contributed by atoms with Crippen LogP contribution in [-0.2, 0) is 0 Å². The van der Waals surface area contributed by atoms with Gasteiger partial charge < -0.3 is 0 Å². The Kier molecular flexibility index (Phi) is 7.86. The van der Waals surface area contributed by atoms with E-state index in [1.807, 2.05) is 0 Å². The molecule has 0 spiro atoms. The van der Waals surface area contributed by atoms with E-state index in [1.165, 1.54) is 40.2 Å². The lowest BCUT2D eigenvalue weighted by Crippen LogP contribution is -1.93. The van der Waals surface area contributed by atoms with Gasteiger partial charge >= 0.3 is 0 Å². The van der Waals surface area contributed by atoms with Crippen LogP contribution in [0.5, 0.6) is 0 Å². The van der Waals surface area contributed by atoms with Crippen molar-refractivity contribution in [2.45, 2.75) is 40.0 Å². The van der Waals surface area contributed by atoms with E-state index in [4.69, 9.17) is 0 Å². The monoisotopic (exact) mass is 160 g/mol. The summed E-state index contributed by atoms with van der Waals surface area (Å²) < 4.78 is 0. The second-order valence-corrected chi connectivity index (χ2v) is 4.55. The van der Waals surface area contributed by atoms with Gasteiger partial charge in [0.25, 0.3) is 0 Å². The average molecular weight is 160 g/mol. The highest BCUT2D eigenvalue weighted by Gasteiger charge is 1.96. The summed E-state index contributed by atoms with van der Waals surface area (Å²) in [4.78, 5) is 0. The molecule has 0 N–H and O–H groups in total. The lowest BCUT2D eigenvalue weighted by Gasteiger charge is -2.06. The molecule has 0 aromatic rings. The second kappa shape index (κ2) is 7.54. The van der Waals surface area contributed by atoms with Gasteiger partial charge in [-0.1, -0.05) is 33.6 Å². The van der Waals surface area contributed by atoms with Crippen LogP contribution < -0.4 is 0 Å². The topological polar surface area (TPSA) is 0 Å². The molecule has 0 aromatic heterocycles. The molecule has 1 heteroatoms. The van der Waals surface area contributed by atoms with Crippen molar-refractivity contribution in [1.29, 1.82) is 0 Å². The minimum Gasteiger partial charge on any atom is -0.122 e. The molecule has 0 rings (SSSR count). The Bertz CT molecular complexity index is 61.7. The predicted octanol–water partition coefficient (Wildman–Crippen LogP) is 3.51. The van der Waals surface area contributed by atoms with Crippen LogP contribution in [0.15, 0.2) is 0 Å². The van der Waals surface area contributed by atoms with E-state index in [9.17, 15) is 0 Å². The molecule has 2 atom stereocenters. The lowest BCUT2D eigenvalue weighted by molar-refractivity contribution is 0.548. The molecule has 0 radical (unpaired) electrons. The molecule has 0 heterocycles. The smallest absolute Gasteiger partial charge is 0.0351 e. The van der Waals surface area contributed by atoms with Gasteiger partial charge in [0.2, 0.25) is 0 Å². The molecule has 0 aliphatic carbocycles. The first kappa shape index (κ1) is 10.4. The zero-order valence-corrected chi connectivity index (χ0v) is 8.61. The third kappa shape index (κ3) is 6.55. The quantitative estimate of drug-likeness (QED) is 0.412. The van der Waals surface area contributed by atoms with Crippen molar-refractivity contribution in [2.24, 2.45) is 5.92 Å². The molecule has 0 amide bonds. The molecule has 62 valence electrons. The number of hydrogen-bond donors (Lipinski definition) is 0. The SMILES string of the molecule is CCCPCCC(C)CC. The van der Waals surface area contributed by atoms with Gasteiger partial charge in [0.05, 0.1) is 0 Å². The van der Waals surface area contributed by atoms with Crippen LogP contribution in [-0.4, -0.2) is 12.3 Å². The Morgan fingerprint density at radius 3 is 2.40 bits per heavy atom. The van der Waals surface area contributed by atoms with Crippen LogP contribution in [0.4, 0.5) is 0 Å². The van der Waals surface area contributed by atoms with Crippen LogP contribution in [0.1, 0.15) is 40.0 Å². The summed E-state index contributed by atoms with van der Waals surface area (Å²) >= 11 is 0. The Morgan fingerprint density at radius 1 is 1.20 bits per heavy atom. The van der Waals surface area contributed by atoms with Gasteiger partial charge in [0, 0.05) is 0 Å². The molecular formula is C9H21P. The minimum absolute atomic E-state index is 0.962. The Morgan fingerprint density at radius 2 is 1.90 bits per heavy atom. The third-order valence-electron chi connectivity index (χ3n) is 1.94. The van der Waals surface area contributed by atoms with Crippen molar-refractivity contribution in [3.63, 3.8) is 0 Å². The van der Waals surface area contributed by atoms with Gasteiger partial charge in [-0.15, -0.1) is 8.58 Å². The van der Waals surface area contributed by atoms with Crippen LogP contribution in [0.2, 0.25) is 0 Å². The molecule has 0 saturated carbocycles. The van der Waals surface area contributed by atoms with Gasteiger partial charge in [-0.3, -0.25) is 0 Å². The Labute approximate surface area is 67.6 Å². The van der Waals surface area contributed by atoms with Crippen molar-refractivity contribution in [2.75, 3.05) is 12.3 Å². The fourth-order valence-corrected chi connectivity index (χ4v) is 2.15. The van der Waals surface area contributed by atoms with Crippen molar-refractivity contribution in [3.8, 4) is 0 Å². The first-order valence-corrected chi connectivity index (χ1v) is 5.93. The van der Waals surface area contributed by atoms with E-state index >= 15 is 0 Å². The number of hydrogen-bond acceptors (Lipinski definition) is 0. The van der Waals surface area contributed by atoms with Crippen molar-refractivity contribution < 1.29 is 0 Å². The molecule has 0 fully saturated rings. The zero-order chi connectivity index (χ0) is 7.82. The number of rotatable bonds is 6. The van der Waals surface area contributed by atoms with Crippen LogP contribution in [0, 0.1) is 5.92 Å². The predicted molar refractivity (Wildman–Crippen MR) is 52.4 cm³/mol. The Balaban J connectivity index is 2.89. The van der Waals surface area contributed by atoms with Gasteiger partial charge in [0.1, 0.15) is 0 Å². The van der Waals surface area contributed by atoms with Crippen LogP contribution in [0.3, 0.4) is 0 Å². The average Bonchev–Trinajstić information content (AvgIpc) is 1.98. The molecule has 0 nitrogen and oxygen atoms in total. The highest BCUT2D eigenvalue weighted by atomic mass is 31.1. The van der Waals surface area contributed by atoms with Crippen molar-refractivity contribution in [3.05, 3.63) is 0 Å². The molecule has 0 aliphatic heterocycles. The highest BCUT2D eigenvalue weighted by Crippen LogP contribution is 2.17. The Hall–Kier alpha value is 0.430. The maximum absolute atomic E-state index is 2.36. The molecule has 0 bridgehead atoms. The molecule has 2 unspecified atom stereocenters. The van der Waals surface area contributed by atoms with E-state index in [-0.39, 0.29) is 0 Å². The van der Waals surface area contributed by atoms with Gasteiger partial charge in [0.15, 0.2) is 0 Å². The molecule has 10 heavy (non-hydrogen) atoms. The van der Waals surface area contributed by atoms with E-state index in [1.54, 1.807) is 0 Å². The maximum atomic E-state index is 2.36. The van der Waals surface area contributed by atoms with Crippen LogP contribution >= 0.6 is 8.58 Å². The lowest BCUT2D eigenvalue weighted by atomic mass is 10.1. The van der Waals surface area contributed by atoms with Gasteiger partial charge in [-0.05, 0) is 24.7 Å². The summed E-state index contributed by atoms with van der Waals surface area (Å²) in [6.07, 6.45) is 7.11. The summed E-state index contributed by atoms with van der Waals surface area (Å²) in [5.74, 6) is 0.962. The molecular weight excluding hydrogens is 139 g/mol. The standard InChI is InChI=1S/C9H21P/c1-4-7-10-8-6-9(3)5-2/h9-10H,4-8H2,1-3H3. The van der Waals surface area contributed by atoms with Crippen LogP contribution in [0.25, 0.3) is 0 Å². The second-order valence-electron chi connectivity index (χ2n) is 3.05. The third-order valence-corrected chi connectivity index (χ3v) is 3.43. The normalized spacial score (nSPS) is 14.7. The summed E-state index contributed by atoms with van der Waals surface area (Å²) in [7, 11) is 1.23. The minimum atomic E-state index is 0.962. The zero-order valence-electron chi connectivity index (χ0n) is 7.61. The van der Waals surface area contributed by atoms with E-state index in [2.05, 4.69) is 20.8 Å². The maximum Gasteiger partial charge on any atom is -0.0351 e. The first-order valence-electron chi connectivity index (χ1n) is 4.52. The summed E-state index contributed by atoms with van der Waals surface area (Å²) in [6.45, 7) is 6.92.